The Balaban J connectivity index is 1.73. The summed E-state index contributed by atoms with van der Waals surface area (Å²) >= 11 is 0. The molecule has 0 aromatic rings. The molecule has 0 bridgehead atoms. The minimum atomic E-state index is 0.821. The molecule has 2 unspecified atom stereocenters. The normalized spacial score (nSPS) is 32.1. The zero-order valence-electron chi connectivity index (χ0n) is 10.9. The van der Waals surface area contributed by atoms with Crippen molar-refractivity contribution < 1.29 is 0 Å². The third-order valence-corrected chi connectivity index (χ3v) is 4.26. The SMILES string of the molecule is CCCNC1CCCC1CN1CCCCC1. The molecule has 2 nitrogen and oxygen atoms in total. The summed E-state index contributed by atoms with van der Waals surface area (Å²) in [6, 6.07) is 0.821. The van der Waals surface area contributed by atoms with Crippen molar-refractivity contribution in [3.05, 3.63) is 0 Å². The van der Waals surface area contributed by atoms with Crippen molar-refractivity contribution in [1.82, 2.24) is 10.2 Å². The maximum Gasteiger partial charge on any atom is 0.0107 e. The molecule has 1 aliphatic heterocycles. The van der Waals surface area contributed by atoms with Crippen LogP contribution in [0.1, 0.15) is 51.9 Å². The first kappa shape index (κ1) is 12.4. The van der Waals surface area contributed by atoms with Gasteiger partial charge in [-0.1, -0.05) is 19.8 Å². The molecule has 2 fully saturated rings. The number of hydrogen-bond donors (Lipinski definition) is 1. The van der Waals surface area contributed by atoms with Crippen molar-refractivity contribution in [2.45, 2.75) is 57.9 Å². The first-order valence-electron chi connectivity index (χ1n) is 7.36. The van der Waals surface area contributed by atoms with Crippen LogP contribution in [0.25, 0.3) is 0 Å². The van der Waals surface area contributed by atoms with Crippen LogP contribution >= 0.6 is 0 Å². The smallest absolute Gasteiger partial charge is 0.0107 e. The van der Waals surface area contributed by atoms with Crippen LogP contribution in [0.15, 0.2) is 0 Å². The third kappa shape index (κ3) is 3.46. The van der Waals surface area contributed by atoms with Crippen molar-refractivity contribution in [2.24, 2.45) is 5.92 Å². The molecular weight excluding hydrogens is 196 g/mol. The Labute approximate surface area is 101 Å². The molecule has 1 saturated heterocycles. The molecule has 2 aliphatic rings. The van der Waals surface area contributed by atoms with E-state index in [4.69, 9.17) is 0 Å². The van der Waals surface area contributed by atoms with Crippen molar-refractivity contribution in [1.29, 1.82) is 0 Å². The molecule has 0 aromatic heterocycles. The van der Waals surface area contributed by atoms with E-state index in [9.17, 15) is 0 Å². The van der Waals surface area contributed by atoms with E-state index in [1.807, 2.05) is 0 Å². The van der Waals surface area contributed by atoms with E-state index in [2.05, 4.69) is 17.1 Å². The molecule has 2 atom stereocenters. The summed E-state index contributed by atoms with van der Waals surface area (Å²) in [4.78, 5) is 2.71. The van der Waals surface area contributed by atoms with E-state index in [1.54, 1.807) is 0 Å². The molecule has 0 amide bonds. The van der Waals surface area contributed by atoms with Crippen LogP contribution in [0.3, 0.4) is 0 Å². The maximum atomic E-state index is 3.74. The highest BCUT2D eigenvalue weighted by Gasteiger charge is 2.28. The van der Waals surface area contributed by atoms with E-state index in [0.717, 1.165) is 12.0 Å². The number of rotatable bonds is 5. The van der Waals surface area contributed by atoms with E-state index in [-0.39, 0.29) is 0 Å². The fourth-order valence-electron chi connectivity index (χ4n) is 3.33. The van der Waals surface area contributed by atoms with E-state index < -0.39 is 0 Å². The summed E-state index contributed by atoms with van der Waals surface area (Å²) in [5.74, 6) is 0.935. The monoisotopic (exact) mass is 224 g/mol. The number of nitrogens with one attached hydrogen (secondary N) is 1. The quantitative estimate of drug-likeness (QED) is 0.772. The van der Waals surface area contributed by atoms with Gasteiger partial charge in [-0.3, -0.25) is 0 Å². The Morgan fingerprint density at radius 2 is 1.88 bits per heavy atom. The summed E-state index contributed by atoms with van der Waals surface area (Å²) in [6.07, 6.45) is 9.90. The molecule has 2 rings (SSSR count). The summed E-state index contributed by atoms with van der Waals surface area (Å²) in [6.45, 7) is 7.55. The molecule has 94 valence electrons. The molecule has 0 spiro atoms. The van der Waals surface area contributed by atoms with Crippen molar-refractivity contribution >= 4 is 0 Å². The largest absolute Gasteiger partial charge is 0.314 e. The highest BCUT2D eigenvalue weighted by molar-refractivity contribution is 4.85. The fraction of sp³-hybridized carbons (Fsp3) is 1.00. The van der Waals surface area contributed by atoms with Gasteiger partial charge in [-0.25, -0.2) is 0 Å². The molecule has 2 heteroatoms. The Bertz CT molecular complexity index is 187. The lowest BCUT2D eigenvalue weighted by Gasteiger charge is -2.31. The van der Waals surface area contributed by atoms with Crippen molar-refractivity contribution in [2.75, 3.05) is 26.2 Å². The average Bonchev–Trinajstić information content (AvgIpc) is 2.75. The highest BCUT2D eigenvalue weighted by Crippen LogP contribution is 2.27. The Morgan fingerprint density at radius 1 is 1.06 bits per heavy atom. The number of hydrogen-bond acceptors (Lipinski definition) is 2. The molecule has 0 radical (unpaired) electrons. The van der Waals surface area contributed by atoms with E-state index in [0.29, 0.717) is 0 Å². The van der Waals surface area contributed by atoms with Gasteiger partial charge in [-0.2, -0.15) is 0 Å². The summed E-state index contributed by atoms with van der Waals surface area (Å²) in [7, 11) is 0. The van der Waals surface area contributed by atoms with Crippen LogP contribution in [0.4, 0.5) is 0 Å². The van der Waals surface area contributed by atoms with Gasteiger partial charge >= 0.3 is 0 Å². The van der Waals surface area contributed by atoms with E-state index >= 15 is 0 Å². The maximum absolute atomic E-state index is 3.74. The van der Waals surface area contributed by atoms with Crippen LogP contribution in [0.2, 0.25) is 0 Å². The van der Waals surface area contributed by atoms with Gasteiger partial charge in [0.25, 0.3) is 0 Å². The standard InChI is InChI=1S/C14H28N2/c1-2-9-15-14-8-6-7-13(14)12-16-10-4-3-5-11-16/h13-15H,2-12H2,1H3. The predicted octanol–water partition coefficient (Wildman–Crippen LogP) is 2.64. The van der Waals surface area contributed by atoms with Gasteiger partial charge in [0.15, 0.2) is 0 Å². The predicted molar refractivity (Wildman–Crippen MR) is 69.7 cm³/mol. The van der Waals surface area contributed by atoms with Gasteiger partial charge in [0.05, 0.1) is 0 Å². The zero-order chi connectivity index (χ0) is 11.2. The van der Waals surface area contributed by atoms with E-state index in [1.165, 1.54) is 71.1 Å². The number of nitrogens with zero attached hydrogens (tertiary/aromatic N) is 1. The molecule has 1 N–H and O–H groups in total. The summed E-state index contributed by atoms with van der Waals surface area (Å²) < 4.78 is 0. The molecule has 1 heterocycles. The van der Waals surface area contributed by atoms with Gasteiger partial charge in [-0.15, -0.1) is 0 Å². The van der Waals surface area contributed by atoms with Crippen LogP contribution in [-0.2, 0) is 0 Å². The number of likely N-dealkylation sites (tertiary alicyclic amines) is 1. The third-order valence-electron chi connectivity index (χ3n) is 4.26. The van der Waals surface area contributed by atoms with Gasteiger partial charge < -0.3 is 10.2 Å². The molecule has 0 aromatic carbocycles. The minimum Gasteiger partial charge on any atom is -0.314 e. The molecule has 1 aliphatic carbocycles. The number of piperidine rings is 1. The Morgan fingerprint density at radius 3 is 2.62 bits per heavy atom. The lowest BCUT2D eigenvalue weighted by Crippen LogP contribution is -2.41. The Hall–Kier alpha value is -0.0800. The zero-order valence-corrected chi connectivity index (χ0v) is 10.9. The van der Waals surface area contributed by atoms with Gasteiger partial charge in [-0.05, 0) is 57.7 Å². The minimum absolute atomic E-state index is 0.821. The summed E-state index contributed by atoms with van der Waals surface area (Å²) in [5.41, 5.74) is 0. The summed E-state index contributed by atoms with van der Waals surface area (Å²) in [5, 5.41) is 3.74. The van der Waals surface area contributed by atoms with Gasteiger partial charge in [0.1, 0.15) is 0 Å². The van der Waals surface area contributed by atoms with Crippen LogP contribution < -0.4 is 5.32 Å². The van der Waals surface area contributed by atoms with Gasteiger partial charge in [0, 0.05) is 12.6 Å². The van der Waals surface area contributed by atoms with Crippen LogP contribution in [0.5, 0.6) is 0 Å². The lowest BCUT2D eigenvalue weighted by molar-refractivity contribution is 0.183. The average molecular weight is 224 g/mol. The second-order valence-corrected chi connectivity index (χ2v) is 5.61. The van der Waals surface area contributed by atoms with Crippen LogP contribution in [-0.4, -0.2) is 37.1 Å². The first-order valence-corrected chi connectivity index (χ1v) is 7.36. The van der Waals surface area contributed by atoms with Crippen molar-refractivity contribution in [3.8, 4) is 0 Å². The lowest BCUT2D eigenvalue weighted by atomic mass is 10.0. The highest BCUT2D eigenvalue weighted by atomic mass is 15.1. The fourth-order valence-corrected chi connectivity index (χ4v) is 3.33. The first-order chi connectivity index (χ1) is 7.90. The molecule has 16 heavy (non-hydrogen) atoms. The van der Waals surface area contributed by atoms with Gasteiger partial charge in [0.2, 0.25) is 0 Å². The second-order valence-electron chi connectivity index (χ2n) is 5.61. The van der Waals surface area contributed by atoms with Crippen LogP contribution in [0, 0.1) is 5.92 Å². The second kappa shape index (κ2) is 6.61. The molecular formula is C14H28N2. The topological polar surface area (TPSA) is 15.3 Å². The Kier molecular flexibility index (Phi) is 5.11. The van der Waals surface area contributed by atoms with Crippen molar-refractivity contribution in [3.63, 3.8) is 0 Å². The molecule has 1 saturated carbocycles.